The highest BCUT2D eigenvalue weighted by Gasteiger charge is 2.26. The first-order chi connectivity index (χ1) is 13.8. The molecule has 2 aromatic carbocycles. The zero-order chi connectivity index (χ0) is 21.0. The highest BCUT2D eigenvalue weighted by Crippen LogP contribution is 2.30. The molecule has 0 fully saturated rings. The third-order valence-electron chi connectivity index (χ3n) is 5.37. The maximum atomic E-state index is 12.5. The molecule has 29 heavy (non-hydrogen) atoms. The summed E-state index contributed by atoms with van der Waals surface area (Å²) in [6, 6.07) is 13.5. The molecule has 0 radical (unpaired) electrons. The molecule has 0 spiro atoms. The third kappa shape index (κ3) is 5.16. The van der Waals surface area contributed by atoms with Crippen molar-refractivity contribution in [1.29, 1.82) is 0 Å². The van der Waals surface area contributed by atoms with Crippen molar-refractivity contribution in [1.82, 2.24) is 10.2 Å². The Morgan fingerprint density at radius 1 is 1.07 bits per heavy atom. The molecule has 1 heterocycles. The average molecular weight is 416 g/mol. The monoisotopic (exact) mass is 415 g/mol. The Bertz CT molecular complexity index is 967. The Balaban J connectivity index is 1.60. The van der Waals surface area contributed by atoms with Crippen molar-refractivity contribution < 1.29 is 13.2 Å². The van der Waals surface area contributed by atoms with Gasteiger partial charge in [0.05, 0.1) is 11.9 Å². The summed E-state index contributed by atoms with van der Waals surface area (Å²) in [4.78, 5) is 14.9. The fourth-order valence-electron chi connectivity index (χ4n) is 3.61. The van der Waals surface area contributed by atoms with E-state index in [1.807, 2.05) is 12.1 Å². The topological polar surface area (TPSA) is 69.7 Å². The lowest BCUT2D eigenvalue weighted by Gasteiger charge is -2.18. The summed E-state index contributed by atoms with van der Waals surface area (Å²) in [5, 5.41) is 2.95. The predicted molar refractivity (Wildman–Crippen MR) is 117 cm³/mol. The largest absolute Gasteiger partial charge is 0.348 e. The van der Waals surface area contributed by atoms with Gasteiger partial charge in [0.15, 0.2) is 0 Å². The molecule has 7 heteroatoms. The summed E-state index contributed by atoms with van der Waals surface area (Å²) >= 11 is 0. The molecule has 0 aromatic heterocycles. The fraction of sp³-hybridized carbons (Fsp3) is 0.409. The van der Waals surface area contributed by atoms with Gasteiger partial charge in [-0.3, -0.25) is 14.0 Å². The van der Waals surface area contributed by atoms with E-state index in [4.69, 9.17) is 0 Å². The number of amides is 1. The first-order valence-corrected chi connectivity index (χ1v) is 11.9. The van der Waals surface area contributed by atoms with Crippen molar-refractivity contribution in [2.24, 2.45) is 0 Å². The van der Waals surface area contributed by atoms with Crippen LogP contribution in [0.5, 0.6) is 0 Å². The van der Waals surface area contributed by atoms with Crippen molar-refractivity contribution in [2.45, 2.75) is 33.4 Å². The van der Waals surface area contributed by atoms with Crippen LogP contribution in [0.3, 0.4) is 0 Å². The van der Waals surface area contributed by atoms with Gasteiger partial charge in [-0.2, -0.15) is 0 Å². The number of carbonyl (C=O) groups excluding carboxylic acids is 1. The van der Waals surface area contributed by atoms with E-state index in [2.05, 4.69) is 36.2 Å². The molecule has 1 amide bonds. The summed E-state index contributed by atoms with van der Waals surface area (Å²) in [6.45, 7) is 8.18. The van der Waals surface area contributed by atoms with Gasteiger partial charge < -0.3 is 5.32 Å². The van der Waals surface area contributed by atoms with E-state index in [-0.39, 0.29) is 5.91 Å². The molecular weight excluding hydrogens is 386 g/mol. The van der Waals surface area contributed by atoms with Crippen molar-refractivity contribution >= 4 is 21.6 Å². The zero-order valence-electron chi connectivity index (χ0n) is 17.3. The lowest BCUT2D eigenvalue weighted by atomic mass is 10.1. The predicted octanol–water partition coefficient (Wildman–Crippen LogP) is 2.78. The first-order valence-electron chi connectivity index (χ1n) is 10.0. The molecule has 156 valence electrons. The van der Waals surface area contributed by atoms with Crippen LogP contribution in [0, 0.1) is 0 Å². The average Bonchev–Trinajstić information content (AvgIpc) is 3.14. The second-order valence-electron chi connectivity index (χ2n) is 7.39. The van der Waals surface area contributed by atoms with Crippen molar-refractivity contribution in [3.8, 4) is 0 Å². The molecule has 6 nitrogen and oxygen atoms in total. The van der Waals surface area contributed by atoms with Crippen LogP contribution in [0.15, 0.2) is 42.5 Å². The van der Waals surface area contributed by atoms with E-state index in [1.54, 1.807) is 18.2 Å². The Morgan fingerprint density at radius 2 is 1.72 bits per heavy atom. The molecular formula is C22H29N3O3S. The van der Waals surface area contributed by atoms with Gasteiger partial charge in [-0.05, 0) is 54.4 Å². The number of hydrogen-bond acceptors (Lipinski definition) is 4. The summed E-state index contributed by atoms with van der Waals surface area (Å²) < 4.78 is 25.1. The maximum Gasteiger partial charge on any atom is 0.251 e. The van der Waals surface area contributed by atoms with E-state index < -0.39 is 10.0 Å². The van der Waals surface area contributed by atoms with Gasteiger partial charge in [-0.15, -0.1) is 0 Å². The van der Waals surface area contributed by atoms with Crippen molar-refractivity contribution in [2.75, 3.05) is 30.2 Å². The van der Waals surface area contributed by atoms with E-state index in [1.165, 1.54) is 16.1 Å². The number of carbonyl (C=O) groups is 1. The van der Waals surface area contributed by atoms with Crippen LogP contribution in [0.1, 0.15) is 40.9 Å². The van der Waals surface area contributed by atoms with Crippen LogP contribution in [-0.2, 0) is 29.5 Å². The zero-order valence-corrected chi connectivity index (χ0v) is 18.1. The van der Waals surface area contributed by atoms with Crippen LogP contribution in [0.25, 0.3) is 0 Å². The van der Waals surface area contributed by atoms with E-state index in [9.17, 15) is 13.2 Å². The van der Waals surface area contributed by atoms with Crippen LogP contribution in [-0.4, -0.2) is 45.1 Å². The standard InChI is InChI=1S/C22H29N3O3S/c1-4-24(5-2)16-18-8-6-17(7-9-18)15-23-22(26)20-10-11-21-19(14-20)12-13-25(21)29(3,27)28/h6-11,14H,4-5,12-13,15-16H2,1-3H3,(H,23,26). The van der Waals surface area contributed by atoms with Gasteiger partial charge in [-0.1, -0.05) is 38.1 Å². The summed E-state index contributed by atoms with van der Waals surface area (Å²) in [5.41, 5.74) is 4.43. The van der Waals surface area contributed by atoms with Crippen LogP contribution in [0.4, 0.5) is 5.69 Å². The van der Waals surface area contributed by atoms with Gasteiger partial charge in [0.1, 0.15) is 0 Å². The molecule has 0 atom stereocenters. The number of nitrogens with zero attached hydrogens (tertiary/aromatic N) is 2. The highest BCUT2D eigenvalue weighted by molar-refractivity contribution is 7.92. The summed E-state index contributed by atoms with van der Waals surface area (Å²) in [6.07, 6.45) is 1.83. The molecule has 0 unspecified atom stereocenters. The molecule has 0 saturated carbocycles. The van der Waals surface area contributed by atoms with Gasteiger partial charge in [0.25, 0.3) is 5.91 Å². The van der Waals surface area contributed by atoms with Gasteiger partial charge in [0.2, 0.25) is 10.0 Å². The SMILES string of the molecule is CCN(CC)Cc1ccc(CNC(=O)c2ccc3c(c2)CCN3S(C)(=O)=O)cc1. The lowest BCUT2D eigenvalue weighted by Crippen LogP contribution is -2.27. The number of fused-ring (bicyclic) bond motifs is 1. The third-order valence-corrected chi connectivity index (χ3v) is 6.55. The highest BCUT2D eigenvalue weighted by atomic mass is 32.2. The van der Waals surface area contributed by atoms with E-state index >= 15 is 0 Å². The lowest BCUT2D eigenvalue weighted by molar-refractivity contribution is 0.0951. The number of sulfonamides is 1. The quantitative estimate of drug-likeness (QED) is 0.720. The minimum absolute atomic E-state index is 0.155. The van der Waals surface area contributed by atoms with Crippen LogP contribution >= 0.6 is 0 Å². The van der Waals surface area contributed by atoms with Gasteiger partial charge in [-0.25, -0.2) is 8.42 Å². The van der Waals surface area contributed by atoms with Crippen molar-refractivity contribution in [3.05, 3.63) is 64.7 Å². The molecule has 3 rings (SSSR count). The summed E-state index contributed by atoms with van der Waals surface area (Å²) in [5.74, 6) is -0.155. The number of nitrogens with one attached hydrogen (secondary N) is 1. The molecule has 1 aliphatic heterocycles. The van der Waals surface area contributed by atoms with E-state index in [0.29, 0.717) is 30.8 Å². The Labute approximate surface area is 173 Å². The normalized spacial score (nSPS) is 13.6. The van der Waals surface area contributed by atoms with Crippen LogP contribution < -0.4 is 9.62 Å². The smallest absolute Gasteiger partial charge is 0.251 e. The molecule has 2 aromatic rings. The van der Waals surface area contributed by atoms with Crippen LogP contribution in [0.2, 0.25) is 0 Å². The number of rotatable bonds is 8. The number of anilines is 1. The second kappa shape index (κ2) is 8.97. The van der Waals surface area contributed by atoms with Crippen molar-refractivity contribution in [3.63, 3.8) is 0 Å². The Hall–Kier alpha value is -2.38. The summed E-state index contributed by atoms with van der Waals surface area (Å²) in [7, 11) is -3.28. The first kappa shape index (κ1) is 21.3. The Kier molecular flexibility index (Phi) is 6.59. The minimum Gasteiger partial charge on any atom is -0.348 e. The van der Waals surface area contributed by atoms with E-state index in [0.717, 1.165) is 30.8 Å². The molecule has 1 aliphatic rings. The number of benzene rings is 2. The molecule has 0 bridgehead atoms. The second-order valence-corrected chi connectivity index (χ2v) is 9.30. The molecule has 0 saturated heterocycles. The molecule has 0 aliphatic carbocycles. The Morgan fingerprint density at radius 3 is 2.34 bits per heavy atom. The van der Waals surface area contributed by atoms with Gasteiger partial charge in [0, 0.05) is 25.2 Å². The fourth-order valence-corrected chi connectivity index (χ4v) is 4.57. The molecule has 1 N–H and O–H groups in total. The minimum atomic E-state index is -3.28. The number of hydrogen-bond donors (Lipinski definition) is 1. The maximum absolute atomic E-state index is 12.5. The van der Waals surface area contributed by atoms with Gasteiger partial charge >= 0.3 is 0 Å².